The van der Waals surface area contributed by atoms with Gasteiger partial charge >= 0.3 is 0 Å². The summed E-state index contributed by atoms with van der Waals surface area (Å²) in [5.41, 5.74) is 4.02. The number of aromatic nitrogens is 2. The van der Waals surface area contributed by atoms with Crippen LogP contribution in [0.25, 0.3) is 11.3 Å². The van der Waals surface area contributed by atoms with Crippen molar-refractivity contribution in [2.75, 3.05) is 11.6 Å². The van der Waals surface area contributed by atoms with E-state index in [0.29, 0.717) is 23.2 Å². The van der Waals surface area contributed by atoms with Crippen molar-refractivity contribution in [3.63, 3.8) is 0 Å². The molecule has 0 aliphatic carbocycles. The third-order valence-corrected chi connectivity index (χ3v) is 7.07. The van der Waals surface area contributed by atoms with Crippen molar-refractivity contribution in [1.29, 1.82) is 0 Å². The van der Waals surface area contributed by atoms with Gasteiger partial charge in [-0.3, -0.25) is 4.79 Å². The summed E-state index contributed by atoms with van der Waals surface area (Å²) in [6.45, 7) is 4.09. The molecule has 10 heteroatoms. The van der Waals surface area contributed by atoms with E-state index in [1.165, 1.54) is 17.6 Å². The number of sulfone groups is 1. The van der Waals surface area contributed by atoms with E-state index >= 15 is 0 Å². The summed E-state index contributed by atoms with van der Waals surface area (Å²) < 4.78 is 34.1. The van der Waals surface area contributed by atoms with Crippen LogP contribution < -0.4 is 10.1 Å². The Morgan fingerprint density at radius 1 is 1.09 bits per heavy atom. The van der Waals surface area contributed by atoms with Gasteiger partial charge in [0, 0.05) is 17.2 Å². The normalized spacial score (nSPS) is 11.4. The number of hydrogen-bond donors (Lipinski definition) is 1. The number of benzene rings is 2. The van der Waals surface area contributed by atoms with Gasteiger partial charge in [0.1, 0.15) is 18.1 Å². The molecular formula is C24H23N3O5S2. The minimum Gasteiger partial charge on any atom is -0.489 e. The third kappa shape index (κ3) is 5.70. The molecule has 0 aliphatic rings. The first-order valence-electron chi connectivity index (χ1n) is 10.4. The minimum atomic E-state index is -3.25. The first kappa shape index (κ1) is 23.7. The van der Waals surface area contributed by atoms with Gasteiger partial charge in [0.15, 0.2) is 15.0 Å². The van der Waals surface area contributed by atoms with Crippen LogP contribution in [-0.2, 0) is 27.7 Å². The fourth-order valence-corrected chi connectivity index (χ4v) is 4.62. The van der Waals surface area contributed by atoms with Crippen molar-refractivity contribution in [2.24, 2.45) is 0 Å². The molecule has 0 unspecified atom stereocenters. The highest BCUT2D eigenvalue weighted by atomic mass is 32.2. The molecule has 0 saturated heterocycles. The van der Waals surface area contributed by atoms with E-state index in [0.717, 1.165) is 28.1 Å². The molecular weight excluding hydrogens is 474 g/mol. The largest absolute Gasteiger partial charge is 0.489 e. The fraction of sp³-hybridized carbons (Fsp3) is 0.208. The number of rotatable bonds is 8. The average Bonchev–Trinajstić information content (AvgIpc) is 3.39. The van der Waals surface area contributed by atoms with Crippen LogP contribution in [0.3, 0.4) is 0 Å². The number of anilines is 1. The second kappa shape index (κ2) is 9.78. The van der Waals surface area contributed by atoms with Crippen LogP contribution in [0.1, 0.15) is 22.6 Å². The Morgan fingerprint density at radius 3 is 2.41 bits per heavy atom. The summed E-state index contributed by atoms with van der Waals surface area (Å²) in [4.78, 5) is 17.1. The lowest BCUT2D eigenvalue weighted by atomic mass is 10.1. The van der Waals surface area contributed by atoms with Gasteiger partial charge in [-0.15, -0.1) is 11.3 Å². The van der Waals surface area contributed by atoms with E-state index in [-0.39, 0.29) is 17.2 Å². The maximum atomic E-state index is 12.5. The van der Waals surface area contributed by atoms with Gasteiger partial charge in [0.25, 0.3) is 0 Å². The first-order chi connectivity index (χ1) is 16.2. The Kier molecular flexibility index (Phi) is 6.80. The molecule has 1 amide bonds. The molecule has 0 spiro atoms. The van der Waals surface area contributed by atoms with Crippen LogP contribution in [0, 0.1) is 13.8 Å². The van der Waals surface area contributed by atoms with Crippen molar-refractivity contribution < 1.29 is 22.5 Å². The lowest BCUT2D eigenvalue weighted by Gasteiger charge is -2.07. The highest BCUT2D eigenvalue weighted by Gasteiger charge is 2.12. The van der Waals surface area contributed by atoms with E-state index in [2.05, 4.69) is 15.5 Å². The second-order valence-corrected chi connectivity index (χ2v) is 10.7. The molecule has 34 heavy (non-hydrogen) atoms. The molecule has 8 nitrogen and oxygen atoms in total. The van der Waals surface area contributed by atoms with Gasteiger partial charge in [-0.05, 0) is 43.7 Å². The maximum absolute atomic E-state index is 12.5. The molecule has 2 aromatic heterocycles. The van der Waals surface area contributed by atoms with Crippen molar-refractivity contribution in [2.45, 2.75) is 31.8 Å². The molecule has 0 aliphatic heterocycles. The smallest absolute Gasteiger partial charge is 0.230 e. The van der Waals surface area contributed by atoms with Crippen LogP contribution in [0.4, 0.5) is 5.13 Å². The molecule has 2 heterocycles. The monoisotopic (exact) mass is 497 g/mol. The number of carbonyl (C=O) groups is 1. The van der Waals surface area contributed by atoms with Crippen molar-refractivity contribution in [3.8, 4) is 17.0 Å². The summed E-state index contributed by atoms with van der Waals surface area (Å²) in [7, 11) is -3.25. The maximum Gasteiger partial charge on any atom is 0.230 e. The predicted molar refractivity (Wildman–Crippen MR) is 130 cm³/mol. The van der Waals surface area contributed by atoms with E-state index in [9.17, 15) is 13.2 Å². The SMILES string of the molecule is Cc1noc(C)c1COc1ccc(CC(=O)Nc2nc(-c3ccc(S(C)(=O)=O)cc3)cs2)cc1. The molecule has 0 bridgehead atoms. The second-order valence-electron chi connectivity index (χ2n) is 7.79. The van der Waals surface area contributed by atoms with E-state index in [1.54, 1.807) is 24.3 Å². The van der Waals surface area contributed by atoms with Crippen LogP contribution >= 0.6 is 11.3 Å². The van der Waals surface area contributed by atoms with Gasteiger partial charge in [-0.2, -0.15) is 0 Å². The number of aryl methyl sites for hydroxylation is 2. The Labute approximate surface area is 201 Å². The number of thiazole rings is 1. The van der Waals surface area contributed by atoms with Gasteiger partial charge in [-0.1, -0.05) is 29.4 Å². The standard InChI is InChI=1S/C24H23N3O5S2/c1-15-21(16(2)32-27-15)13-31-19-8-4-17(5-9-19)12-23(28)26-24-25-22(14-33-24)18-6-10-20(11-7-18)34(3,29)30/h4-11,14H,12-13H2,1-3H3,(H,25,26,28). The quantitative estimate of drug-likeness (QED) is 0.379. The lowest BCUT2D eigenvalue weighted by molar-refractivity contribution is -0.115. The molecule has 4 aromatic rings. The van der Waals surface area contributed by atoms with Crippen LogP contribution in [0.5, 0.6) is 5.75 Å². The molecule has 0 atom stereocenters. The van der Waals surface area contributed by atoms with E-state index in [4.69, 9.17) is 9.26 Å². The molecule has 1 N–H and O–H groups in total. The topological polar surface area (TPSA) is 111 Å². The van der Waals surface area contributed by atoms with Crippen molar-refractivity contribution in [3.05, 3.63) is 76.5 Å². The zero-order valence-corrected chi connectivity index (χ0v) is 20.5. The van der Waals surface area contributed by atoms with Crippen LogP contribution in [0.15, 0.2) is 63.3 Å². The molecule has 2 aromatic carbocycles. The third-order valence-electron chi connectivity index (χ3n) is 5.18. The number of nitrogens with zero attached hydrogens (tertiary/aromatic N) is 2. The van der Waals surface area contributed by atoms with Gasteiger partial charge in [0.05, 0.1) is 28.3 Å². The Hall–Kier alpha value is -3.50. The Bertz CT molecular complexity index is 1390. The Balaban J connectivity index is 1.32. The number of carbonyl (C=O) groups excluding carboxylic acids is 1. The first-order valence-corrected chi connectivity index (χ1v) is 13.2. The van der Waals surface area contributed by atoms with Crippen molar-refractivity contribution in [1.82, 2.24) is 10.1 Å². The highest BCUT2D eigenvalue weighted by molar-refractivity contribution is 7.90. The number of ether oxygens (including phenoxy) is 1. The van der Waals surface area contributed by atoms with E-state index < -0.39 is 9.84 Å². The average molecular weight is 498 g/mol. The van der Waals surface area contributed by atoms with Crippen molar-refractivity contribution >= 4 is 32.2 Å². The zero-order valence-electron chi connectivity index (χ0n) is 18.9. The summed E-state index contributed by atoms with van der Waals surface area (Å²) >= 11 is 1.31. The van der Waals surface area contributed by atoms with Gasteiger partial charge < -0.3 is 14.6 Å². The molecule has 0 fully saturated rings. The summed E-state index contributed by atoms with van der Waals surface area (Å²) in [5, 5.41) is 9.02. The molecule has 0 saturated carbocycles. The number of nitrogens with one attached hydrogen (secondary N) is 1. The highest BCUT2D eigenvalue weighted by Crippen LogP contribution is 2.26. The van der Waals surface area contributed by atoms with Crippen LogP contribution in [0.2, 0.25) is 0 Å². The van der Waals surface area contributed by atoms with Gasteiger partial charge in [0.2, 0.25) is 5.91 Å². The predicted octanol–water partition coefficient (Wildman–Crippen LogP) is 4.58. The molecule has 176 valence electrons. The lowest BCUT2D eigenvalue weighted by Crippen LogP contribution is -2.14. The van der Waals surface area contributed by atoms with Gasteiger partial charge in [-0.25, -0.2) is 13.4 Å². The summed E-state index contributed by atoms with van der Waals surface area (Å²) in [5.74, 6) is 1.25. The summed E-state index contributed by atoms with van der Waals surface area (Å²) in [6.07, 6.45) is 1.36. The zero-order chi connectivity index (χ0) is 24.3. The Morgan fingerprint density at radius 2 is 1.79 bits per heavy atom. The summed E-state index contributed by atoms with van der Waals surface area (Å²) in [6, 6.07) is 13.8. The number of hydrogen-bond acceptors (Lipinski definition) is 8. The van der Waals surface area contributed by atoms with E-state index in [1.807, 2.05) is 43.5 Å². The fourth-order valence-electron chi connectivity index (χ4n) is 3.25. The van der Waals surface area contributed by atoms with Crippen LogP contribution in [-0.4, -0.2) is 30.7 Å². The molecule has 0 radical (unpaired) electrons. The molecule has 4 rings (SSSR count). The number of amides is 1. The minimum absolute atomic E-state index is 0.183.